The van der Waals surface area contributed by atoms with Gasteiger partial charge in [0.05, 0.1) is 0 Å². The number of carbonyl (C=O) groups is 1. The summed E-state index contributed by atoms with van der Waals surface area (Å²) in [6.07, 6.45) is 1.82. The van der Waals surface area contributed by atoms with Crippen LogP contribution in [0.25, 0.3) is 11.6 Å². The van der Waals surface area contributed by atoms with Crippen molar-refractivity contribution in [1.29, 1.82) is 0 Å². The summed E-state index contributed by atoms with van der Waals surface area (Å²) in [6.45, 7) is 0. The Labute approximate surface area is 110 Å². The Morgan fingerprint density at radius 1 is 1.00 bits per heavy atom. The van der Waals surface area contributed by atoms with E-state index in [9.17, 15) is 4.79 Å². The lowest BCUT2D eigenvalue weighted by atomic mass is 10.0. The summed E-state index contributed by atoms with van der Waals surface area (Å²) in [4.78, 5) is 11.9. The van der Waals surface area contributed by atoms with Gasteiger partial charge in [-0.05, 0) is 23.8 Å². The van der Waals surface area contributed by atoms with E-state index < -0.39 is 0 Å². The van der Waals surface area contributed by atoms with Crippen LogP contribution < -0.4 is 5.32 Å². The molecule has 1 N–H and O–H groups in total. The van der Waals surface area contributed by atoms with Gasteiger partial charge in [0, 0.05) is 21.8 Å². The molecule has 18 heavy (non-hydrogen) atoms. The largest absolute Gasteiger partial charge is 0.321 e. The second kappa shape index (κ2) is 4.31. The van der Waals surface area contributed by atoms with E-state index in [4.69, 9.17) is 11.6 Å². The number of nitrogens with one attached hydrogen (secondary N) is 1. The second-order valence-electron chi connectivity index (χ2n) is 4.08. The molecule has 0 aromatic heterocycles. The first-order valence-electron chi connectivity index (χ1n) is 5.63. The Hall–Kier alpha value is -2.06. The molecule has 0 fully saturated rings. The minimum Gasteiger partial charge on any atom is -0.321 e. The van der Waals surface area contributed by atoms with Gasteiger partial charge in [0.15, 0.2) is 0 Å². The molecule has 0 saturated carbocycles. The third-order valence-corrected chi connectivity index (χ3v) is 3.26. The van der Waals surface area contributed by atoms with E-state index in [0.29, 0.717) is 10.6 Å². The first kappa shape index (κ1) is 11.1. The van der Waals surface area contributed by atoms with Gasteiger partial charge in [0.2, 0.25) is 0 Å². The SMILES string of the molecule is O=C1Nc2ccccc2C1=Cc1ccccc1Cl. The molecular formula is C15H10ClNO. The molecule has 88 valence electrons. The third-order valence-electron chi connectivity index (χ3n) is 2.92. The van der Waals surface area contributed by atoms with Crippen LogP contribution in [0.2, 0.25) is 5.02 Å². The molecule has 1 aliphatic heterocycles. The molecule has 2 nitrogen and oxygen atoms in total. The van der Waals surface area contributed by atoms with E-state index >= 15 is 0 Å². The average molecular weight is 256 g/mol. The Bertz CT molecular complexity index is 661. The Balaban J connectivity index is 2.13. The number of hydrogen-bond donors (Lipinski definition) is 1. The Morgan fingerprint density at radius 2 is 1.72 bits per heavy atom. The fourth-order valence-electron chi connectivity index (χ4n) is 2.03. The summed E-state index contributed by atoms with van der Waals surface area (Å²) in [7, 11) is 0. The van der Waals surface area contributed by atoms with Gasteiger partial charge < -0.3 is 5.32 Å². The highest BCUT2D eigenvalue weighted by Gasteiger charge is 2.23. The predicted octanol–water partition coefficient (Wildman–Crippen LogP) is 3.83. The van der Waals surface area contributed by atoms with Gasteiger partial charge >= 0.3 is 0 Å². The lowest BCUT2D eigenvalue weighted by Crippen LogP contribution is -2.03. The standard InChI is InChI=1S/C15H10ClNO/c16-13-7-3-1-5-10(13)9-12-11-6-2-4-8-14(11)17-15(12)18/h1-9H,(H,17,18). The van der Waals surface area contributed by atoms with Crippen molar-refractivity contribution in [2.45, 2.75) is 0 Å². The number of hydrogen-bond acceptors (Lipinski definition) is 1. The minimum absolute atomic E-state index is 0.0869. The number of amides is 1. The van der Waals surface area contributed by atoms with Crippen molar-refractivity contribution < 1.29 is 4.79 Å². The van der Waals surface area contributed by atoms with Crippen molar-refractivity contribution in [3.8, 4) is 0 Å². The quantitative estimate of drug-likeness (QED) is 0.771. The maximum atomic E-state index is 11.9. The van der Waals surface area contributed by atoms with Crippen LogP contribution >= 0.6 is 11.6 Å². The van der Waals surface area contributed by atoms with Crippen molar-refractivity contribution >= 4 is 34.8 Å². The fraction of sp³-hybridized carbons (Fsp3) is 0. The number of anilines is 1. The van der Waals surface area contributed by atoms with Crippen LogP contribution in [0.1, 0.15) is 11.1 Å². The highest BCUT2D eigenvalue weighted by atomic mass is 35.5. The lowest BCUT2D eigenvalue weighted by molar-refractivity contribution is -0.110. The van der Waals surface area contributed by atoms with Crippen molar-refractivity contribution in [3.05, 3.63) is 64.7 Å². The number of para-hydroxylation sites is 1. The van der Waals surface area contributed by atoms with Crippen LogP contribution in [-0.4, -0.2) is 5.91 Å². The molecule has 1 heterocycles. The maximum Gasteiger partial charge on any atom is 0.256 e. The fourth-order valence-corrected chi connectivity index (χ4v) is 2.22. The smallest absolute Gasteiger partial charge is 0.256 e. The summed E-state index contributed by atoms with van der Waals surface area (Å²) < 4.78 is 0. The van der Waals surface area contributed by atoms with Crippen LogP contribution in [0.5, 0.6) is 0 Å². The van der Waals surface area contributed by atoms with Gasteiger partial charge in [-0.2, -0.15) is 0 Å². The number of halogens is 1. The molecule has 3 rings (SSSR count). The molecule has 0 saturated heterocycles. The summed E-state index contributed by atoms with van der Waals surface area (Å²) in [5.41, 5.74) is 3.27. The van der Waals surface area contributed by atoms with Gasteiger partial charge in [0.25, 0.3) is 5.91 Å². The monoisotopic (exact) mass is 255 g/mol. The number of benzene rings is 2. The summed E-state index contributed by atoms with van der Waals surface area (Å²) in [5, 5.41) is 3.48. The highest BCUT2D eigenvalue weighted by Crippen LogP contribution is 2.33. The first-order chi connectivity index (χ1) is 8.75. The molecule has 0 radical (unpaired) electrons. The average Bonchev–Trinajstić information content (AvgIpc) is 2.69. The van der Waals surface area contributed by atoms with E-state index in [1.165, 1.54) is 0 Å². The zero-order valence-electron chi connectivity index (χ0n) is 9.48. The molecule has 3 heteroatoms. The summed E-state index contributed by atoms with van der Waals surface area (Å²) >= 11 is 6.10. The molecule has 2 aromatic carbocycles. The van der Waals surface area contributed by atoms with E-state index in [1.807, 2.05) is 54.6 Å². The summed E-state index contributed by atoms with van der Waals surface area (Å²) in [5.74, 6) is -0.0869. The first-order valence-corrected chi connectivity index (χ1v) is 6.00. The van der Waals surface area contributed by atoms with Crippen LogP contribution in [0.3, 0.4) is 0 Å². The normalized spacial score (nSPS) is 15.6. The second-order valence-corrected chi connectivity index (χ2v) is 4.49. The molecule has 0 aliphatic carbocycles. The summed E-state index contributed by atoms with van der Waals surface area (Å²) in [6, 6.07) is 15.1. The maximum absolute atomic E-state index is 11.9. The number of carbonyl (C=O) groups excluding carboxylic acids is 1. The van der Waals surface area contributed by atoms with Gasteiger partial charge in [-0.3, -0.25) is 4.79 Å². The molecule has 1 amide bonds. The number of fused-ring (bicyclic) bond motifs is 1. The predicted molar refractivity (Wildman–Crippen MR) is 74.4 cm³/mol. The van der Waals surface area contributed by atoms with Crippen molar-refractivity contribution in [3.63, 3.8) is 0 Å². The molecule has 1 aliphatic rings. The molecule has 0 spiro atoms. The third kappa shape index (κ3) is 1.81. The van der Waals surface area contributed by atoms with E-state index in [0.717, 1.165) is 16.8 Å². The van der Waals surface area contributed by atoms with E-state index in [2.05, 4.69) is 5.32 Å². The molecule has 2 aromatic rings. The molecule has 0 bridgehead atoms. The zero-order valence-corrected chi connectivity index (χ0v) is 10.2. The highest BCUT2D eigenvalue weighted by molar-refractivity contribution is 6.37. The van der Waals surface area contributed by atoms with Crippen LogP contribution in [0, 0.1) is 0 Å². The topological polar surface area (TPSA) is 29.1 Å². The van der Waals surface area contributed by atoms with Crippen LogP contribution in [0.4, 0.5) is 5.69 Å². The molecular weight excluding hydrogens is 246 g/mol. The van der Waals surface area contributed by atoms with Gasteiger partial charge in [-0.15, -0.1) is 0 Å². The lowest BCUT2D eigenvalue weighted by Gasteiger charge is -2.00. The van der Waals surface area contributed by atoms with Crippen molar-refractivity contribution in [2.24, 2.45) is 0 Å². The van der Waals surface area contributed by atoms with Gasteiger partial charge in [0.1, 0.15) is 0 Å². The minimum atomic E-state index is -0.0869. The molecule has 0 unspecified atom stereocenters. The van der Waals surface area contributed by atoms with Crippen molar-refractivity contribution in [2.75, 3.05) is 5.32 Å². The van der Waals surface area contributed by atoms with E-state index in [-0.39, 0.29) is 5.91 Å². The molecule has 0 atom stereocenters. The van der Waals surface area contributed by atoms with Gasteiger partial charge in [-0.1, -0.05) is 48.0 Å². The van der Waals surface area contributed by atoms with Crippen LogP contribution in [-0.2, 0) is 4.79 Å². The Morgan fingerprint density at radius 3 is 2.56 bits per heavy atom. The van der Waals surface area contributed by atoms with Gasteiger partial charge in [-0.25, -0.2) is 0 Å². The van der Waals surface area contributed by atoms with Crippen molar-refractivity contribution in [1.82, 2.24) is 0 Å². The van der Waals surface area contributed by atoms with E-state index in [1.54, 1.807) is 0 Å². The van der Waals surface area contributed by atoms with Crippen LogP contribution in [0.15, 0.2) is 48.5 Å². The number of rotatable bonds is 1. The zero-order chi connectivity index (χ0) is 12.5. The Kier molecular flexibility index (Phi) is 2.65.